The first-order valence-corrected chi connectivity index (χ1v) is 11.0. The van der Waals surface area contributed by atoms with Gasteiger partial charge in [-0.25, -0.2) is 13.1 Å². The number of rotatable bonds is 5. The van der Waals surface area contributed by atoms with E-state index in [0.29, 0.717) is 30.5 Å². The number of carbonyl (C=O) groups is 1. The van der Waals surface area contributed by atoms with Gasteiger partial charge in [-0.3, -0.25) is 14.7 Å². The van der Waals surface area contributed by atoms with Crippen molar-refractivity contribution in [3.63, 3.8) is 0 Å². The van der Waals surface area contributed by atoms with Crippen LogP contribution in [0.3, 0.4) is 0 Å². The van der Waals surface area contributed by atoms with Crippen LogP contribution in [0.5, 0.6) is 0 Å². The molecule has 1 aromatic carbocycles. The zero-order chi connectivity index (χ0) is 19.6. The molecule has 1 N–H and O–H groups in total. The van der Waals surface area contributed by atoms with Crippen molar-refractivity contribution in [2.75, 3.05) is 18.0 Å². The van der Waals surface area contributed by atoms with Gasteiger partial charge in [0.2, 0.25) is 16.0 Å². The first kappa shape index (κ1) is 18.4. The quantitative estimate of drug-likeness (QED) is 0.836. The van der Waals surface area contributed by atoms with Gasteiger partial charge < -0.3 is 4.90 Å². The Balaban J connectivity index is 1.79. The molecule has 27 heavy (non-hydrogen) atoms. The molecular weight excluding hydrogens is 364 g/mol. The largest absolute Gasteiger partial charge is 0.306 e. The monoisotopic (exact) mass is 390 g/mol. The van der Waals surface area contributed by atoms with Crippen LogP contribution in [0.25, 0.3) is 0 Å². The van der Waals surface area contributed by atoms with Crippen molar-refractivity contribution in [1.29, 1.82) is 0 Å². The number of benzene rings is 1. The van der Waals surface area contributed by atoms with Crippen molar-refractivity contribution in [3.05, 3.63) is 23.8 Å². The van der Waals surface area contributed by atoms with E-state index < -0.39 is 10.0 Å². The molecule has 1 atom stereocenters. The van der Waals surface area contributed by atoms with E-state index in [4.69, 9.17) is 0 Å². The summed E-state index contributed by atoms with van der Waals surface area (Å²) in [5.74, 6) is 0.834. The Morgan fingerprint density at radius 1 is 1.33 bits per heavy atom. The summed E-state index contributed by atoms with van der Waals surface area (Å²) in [5, 5.41) is 0. The van der Waals surface area contributed by atoms with Crippen molar-refractivity contribution < 1.29 is 13.2 Å². The number of hydrogen-bond donors (Lipinski definition) is 1. The molecule has 4 rings (SSSR count). The maximum absolute atomic E-state index is 13.0. The number of sulfonamides is 1. The Labute approximate surface area is 160 Å². The number of anilines is 1. The summed E-state index contributed by atoms with van der Waals surface area (Å²) in [7, 11) is -3.66. The maximum atomic E-state index is 13.0. The minimum absolute atomic E-state index is 0.138. The summed E-state index contributed by atoms with van der Waals surface area (Å²) in [5.41, 5.74) is 0.814. The molecule has 3 aliphatic rings. The molecule has 0 bridgehead atoms. The van der Waals surface area contributed by atoms with Crippen molar-refractivity contribution in [1.82, 2.24) is 9.62 Å². The molecule has 1 aliphatic carbocycles. The molecule has 2 aliphatic heterocycles. The van der Waals surface area contributed by atoms with E-state index in [1.54, 1.807) is 17.0 Å². The number of nitrogens with one attached hydrogen (secondary N) is 1. The van der Waals surface area contributed by atoms with Crippen LogP contribution in [0.2, 0.25) is 0 Å². The van der Waals surface area contributed by atoms with Crippen molar-refractivity contribution >= 4 is 27.6 Å². The van der Waals surface area contributed by atoms with Crippen LogP contribution in [0.15, 0.2) is 28.1 Å². The van der Waals surface area contributed by atoms with Gasteiger partial charge >= 0.3 is 0 Å². The molecule has 0 saturated heterocycles. The lowest BCUT2D eigenvalue weighted by molar-refractivity contribution is 0.0845. The second-order valence-corrected chi connectivity index (χ2v) is 9.90. The van der Waals surface area contributed by atoms with E-state index in [9.17, 15) is 13.2 Å². The van der Waals surface area contributed by atoms with E-state index in [-0.39, 0.29) is 22.4 Å². The minimum Gasteiger partial charge on any atom is -0.306 e. The van der Waals surface area contributed by atoms with Crippen LogP contribution in [0.1, 0.15) is 50.9 Å². The Bertz CT molecular complexity index is 934. The van der Waals surface area contributed by atoms with Gasteiger partial charge in [0.1, 0.15) is 0 Å². The topological polar surface area (TPSA) is 82.1 Å². The maximum Gasteiger partial charge on any atom is 0.262 e. The molecule has 0 aromatic heterocycles. The average Bonchev–Trinajstić information content (AvgIpc) is 3.15. The number of nitrogens with zero attached hydrogens (tertiary/aromatic N) is 3. The molecule has 8 heteroatoms. The SMILES string of the molecule is CCN1C(=O)c2cc(S(=O)(=O)NC3(C)CC3)ccc2N2C1=NC[C@@H]2C(C)C. The molecule has 2 heterocycles. The van der Waals surface area contributed by atoms with Gasteiger partial charge in [-0.15, -0.1) is 0 Å². The smallest absolute Gasteiger partial charge is 0.262 e. The number of hydrogen-bond acceptors (Lipinski definition) is 5. The molecule has 0 unspecified atom stereocenters. The fourth-order valence-electron chi connectivity index (χ4n) is 3.75. The molecule has 1 amide bonds. The second kappa shape index (κ2) is 6.04. The Hall–Kier alpha value is -1.93. The lowest BCUT2D eigenvalue weighted by Gasteiger charge is -2.39. The molecule has 1 fully saturated rings. The summed E-state index contributed by atoms with van der Waals surface area (Å²) in [6.07, 6.45) is 1.67. The molecule has 0 spiro atoms. The second-order valence-electron chi connectivity index (χ2n) is 8.22. The van der Waals surface area contributed by atoms with Crippen molar-refractivity contribution in [2.45, 2.75) is 57.0 Å². The van der Waals surface area contributed by atoms with Gasteiger partial charge in [0.15, 0.2) is 0 Å². The van der Waals surface area contributed by atoms with Gasteiger partial charge in [0.25, 0.3) is 5.91 Å². The van der Waals surface area contributed by atoms with Crippen molar-refractivity contribution in [3.8, 4) is 0 Å². The van der Waals surface area contributed by atoms with Gasteiger partial charge in [0, 0.05) is 12.1 Å². The first-order valence-electron chi connectivity index (χ1n) is 9.50. The predicted octanol–water partition coefficient (Wildman–Crippen LogP) is 2.19. The average molecular weight is 391 g/mol. The Morgan fingerprint density at radius 3 is 2.63 bits per heavy atom. The number of amides is 1. The summed E-state index contributed by atoms with van der Waals surface area (Å²) in [6.45, 7) is 9.20. The van der Waals surface area contributed by atoms with E-state index in [1.807, 2.05) is 13.8 Å². The fraction of sp³-hybridized carbons (Fsp3) is 0.579. The highest BCUT2D eigenvalue weighted by Crippen LogP contribution is 2.38. The minimum atomic E-state index is -3.66. The Morgan fingerprint density at radius 2 is 2.04 bits per heavy atom. The third-order valence-corrected chi connectivity index (χ3v) is 7.32. The number of aliphatic imine (C=N–C) groups is 1. The van der Waals surface area contributed by atoms with E-state index in [2.05, 4.69) is 28.5 Å². The number of fused-ring (bicyclic) bond motifs is 3. The third kappa shape index (κ3) is 2.95. The fourth-order valence-corrected chi connectivity index (χ4v) is 5.24. The highest BCUT2D eigenvalue weighted by molar-refractivity contribution is 7.89. The van der Waals surface area contributed by atoms with Crippen LogP contribution in [-0.2, 0) is 10.0 Å². The zero-order valence-corrected chi connectivity index (χ0v) is 17.0. The van der Waals surface area contributed by atoms with Crippen LogP contribution < -0.4 is 9.62 Å². The van der Waals surface area contributed by atoms with Gasteiger partial charge in [-0.2, -0.15) is 0 Å². The van der Waals surface area contributed by atoms with E-state index >= 15 is 0 Å². The summed E-state index contributed by atoms with van der Waals surface area (Å²) < 4.78 is 28.3. The van der Waals surface area contributed by atoms with E-state index in [1.165, 1.54) is 6.07 Å². The van der Waals surface area contributed by atoms with Gasteiger partial charge in [-0.1, -0.05) is 13.8 Å². The van der Waals surface area contributed by atoms with Crippen LogP contribution >= 0.6 is 0 Å². The lowest BCUT2D eigenvalue weighted by Crippen LogP contribution is -2.54. The Kier molecular flexibility index (Phi) is 4.12. The number of carbonyl (C=O) groups excluding carboxylic acids is 1. The zero-order valence-electron chi connectivity index (χ0n) is 16.2. The van der Waals surface area contributed by atoms with Gasteiger partial charge in [0.05, 0.1) is 28.7 Å². The molecule has 7 nitrogen and oxygen atoms in total. The highest BCUT2D eigenvalue weighted by atomic mass is 32.2. The molecule has 1 aromatic rings. The van der Waals surface area contributed by atoms with Crippen LogP contribution in [-0.4, -0.2) is 49.9 Å². The summed E-state index contributed by atoms with van der Waals surface area (Å²) >= 11 is 0. The number of guanidine groups is 1. The predicted molar refractivity (Wildman–Crippen MR) is 105 cm³/mol. The molecule has 1 saturated carbocycles. The molecular formula is C19H26N4O3S. The van der Waals surface area contributed by atoms with E-state index in [0.717, 1.165) is 18.5 Å². The third-order valence-electron chi connectivity index (χ3n) is 5.69. The van der Waals surface area contributed by atoms with Gasteiger partial charge in [-0.05, 0) is 50.8 Å². The van der Waals surface area contributed by atoms with Crippen LogP contribution in [0.4, 0.5) is 5.69 Å². The van der Waals surface area contributed by atoms with Crippen molar-refractivity contribution in [2.24, 2.45) is 10.9 Å². The first-order chi connectivity index (χ1) is 12.7. The highest BCUT2D eigenvalue weighted by Gasteiger charge is 2.44. The summed E-state index contributed by atoms with van der Waals surface area (Å²) in [6, 6.07) is 5.02. The normalized spacial score (nSPS) is 23.4. The van der Waals surface area contributed by atoms with Crippen LogP contribution in [0, 0.1) is 5.92 Å². The molecule has 0 radical (unpaired) electrons. The molecule has 146 valence electrons. The standard InChI is InChI=1S/C19H26N4O3S/c1-5-22-17(24)14-10-13(27(25,26)21-19(4)8-9-19)6-7-15(14)23-16(12(2)3)11-20-18(22)23/h6-7,10,12,16,21H,5,8-9,11H2,1-4H3/t16-/m1/s1. The summed E-state index contributed by atoms with van der Waals surface area (Å²) in [4.78, 5) is 21.5. The lowest BCUT2D eigenvalue weighted by atomic mass is 10.00.